The zero-order valence-electron chi connectivity index (χ0n) is 20.1. The standard InChI is InChI=1S/C25H22F6N6O/c1-2-18-21(36-13-17(25(29,30)31)7-8-19(36)33-18)23(38)32-12-14-3-5-15(6-4-14)22-34-20-11-16(24(26,27)28)9-10-37(20)35-22/h3-8,13,16H,2,9-12H2,1H3,(H,32,38)/t16-/m0/s1. The fourth-order valence-electron chi connectivity index (χ4n) is 4.49. The highest BCUT2D eigenvalue weighted by molar-refractivity contribution is 5.94. The lowest BCUT2D eigenvalue weighted by molar-refractivity contribution is -0.179. The van der Waals surface area contributed by atoms with Crippen LogP contribution in [0.5, 0.6) is 0 Å². The van der Waals surface area contributed by atoms with Gasteiger partial charge in [-0.2, -0.15) is 31.4 Å². The summed E-state index contributed by atoms with van der Waals surface area (Å²) >= 11 is 0. The van der Waals surface area contributed by atoms with Gasteiger partial charge in [-0.3, -0.25) is 9.20 Å². The first-order valence-electron chi connectivity index (χ1n) is 11.9. The highest BCUT2D eigenvalue weighted by atomic mass is 19.4. The van der Waals surface area contributed by atoms with Crippen molar-refractivity contribution in [2.75, 3.05) is 0 Å². The summed E-state index contributed by atoms with van der Waals surface area (Å²) in [5.74, 6) is -1.39. The SMILES string of the molecule is CCc1nc2ccc(C(F)(F)F)cn2c1C(=O)NCc1ccc(-c2nc3n(n2)CC[C@H](C(F)(F)F)C3)cc1. The third kappa shape index (κ3) is 4.96. The number of pyridine rings is 1. The van der Waals surface area contributed by atoms with Crippen LogP contribution in [0.4, 0.5) is 26.3 Å². The summed E-state index contributed by atoms with van der Waals surface area (Å²) in [6, 6.07) is 8.97. The zero-order valence-corrected chi connectivity index (χ0v) is 20.1. The van der Waals surface area contributed by atoms with Crippen molar-refractivity contribution in [3.05, 3.63) is 70.9 Å². The molecule has 200 valence electrons. The van der Waals surface area contributed by atoms with E-state index < -0.39 is 29.7 Å². The summed E-state index contributed by atoms with van der Waals surface area (Å²) in [4.78, 5) is 21.5. The second kappa shape index (κ2) is 9.44. The van der Waals surface area contributed by atoms with E-state index in [4.69, 9.17) is 0 Å². The molecule has 1 N–H and O–H groups in total. The number of amides is 1. The summed E-state index contributed by atoms with van der Waals surface area (Å²) in [5.41, 5.74) is 1.07. The maximum Gasteiger partial charge on any atom is 0.417 e. The van der Waals surface area contributed by atoms with Crippen LogP contribution in [0, 0.1) is 5.92 Å². The molecule has 5 rings (SSSR count). The molecule has 1 aromatic carbocycles. The van der Waals surface area contributed by atoms with Crippen LogP contribution in [-0.2, 0) is 32.1 Å². The van der Waals surface area contributed by atoms with E-state index in [-0.39, 0.29) is 37.3 Å². The quantitative estimate of drug-likeness (QED) is 0.355. The maximum absolute atomic E-state index is 13.2. The molecule has 0 radical (unpaired) electrons. The van der Waals surface area contributed by atoms with Crippen LogP contribution in [-0.4, -0.2) is 36.2 Å². The first kappa shape index (κ1) is 25.7. The highest BCUT2D eigenvalue weighted by Gasteiger charge is 2.42. The van der Waals surface area contributed by atoms with Crippen molar-refractivity contribution in [1.29, 1.82) is 0 Å². The molecule has 7 nitrogen and oxygen atoms in total. The lowest BCUT2D eigenvalue weighted by Crippen LogP contribution is -2.31. The van der Waals surface area contributed by atoms with Crippen LogP contribution >= 0.6 is 0 Å². The van der Waals surface area contributed by atoms with Crippen LogP contribution < -0.4 is 5.32 Å². The fraction of sp³-hybridized carbons (Fsp3) is 0.360. The van der Waals surface area contributed by atoms with Gasteiger partial charge < -0.3 is 5.32 Å². The van der Waals surface area contributed by atoms with Gasteiger partial charge in [0.25, 0.3) is 5.91 Å². The average molecular weight is 536 g/mol. The number of carbonyl (C=O) groups excluding carboxylic acids is 1. The van der Waals surface area contributed by atoms with Gasteiger partial charge >= 0.3 is 12.4 Å². The van der Waals surface area contributed by atoms with Crippen LogP contribution in [0.15, 0.2) is 42.6 Å². The van der Waals surface area contributed by atoms with E-state index in [0.29, 0.717) is 34.9 Å². The Morgan fingerprint density at radius 3 is 2.45 bits per heavy atom. The van der Waals surface area contributed by atoms with Gasteiger partial charge in [0, 0.05) is 31.3 Å². The molecule has 3 aromatic heterocycles. The largest absolute Gasteiger partial charge is 0.417 e. The molecule has 0 saturated carbocycles. The molecule has 0 spiro atoms. The second-order valence-corrected chi connectivity index (χ2v) is 9.09. The number of hydrogen-bond donors (Lipinski definition) is 1. The number of nitrogens with one attached hydrogen (secondary N) is 1. The fourth-order valence-corrected chi connectivity index (χ4v) is 4.49. The van der Waals surface area contributed by atoms with Crippen molar-refractivity contribution in [2.45, 2.75) is 51.6 Å². The number of aryl methyl sites for hydroxylation is 2. The number of aromatic nitrogens is 5. The van der Waals surface area contributed by atoms with Crippen LogP contribution in [0.2, 0.25) is 0 Å². The first-order valence-corrected chi connectivity index (χ1v) is 11.9. The van der Waals surface area contributed by atoms with Crippen molar-refractivity contribution in [3.8, 4) is 11.4 Å². The molecule has 4 heterocycles. The third-order valence-corrected chi connectivity index (χ3v) is 6.56. The van der Waals surface area contributed by atoms with Gasteiger partial charge in [-0.05, 0) is 30.5 Å². The number of fused-ring (bicyclic) bond motifs is 2. The third-order valence-electron chi connectivity index (χ3n) is 6.56. The average Bonchev–Trinajstić information content (AvgIpc) is 3.47. The Morgan fingerprint density at radius 2 is 1.79 bits per heavy atom. The van der Waals surface area contributed by atoms with E-state index in [1.807, 2.05) is 0 Å². The Morgan fingerprint density at radius 1 is 1.05 bits per heavy atom. The molecule has 0 saturated heterocycles. The molecule has 1 amide bonds. The van der Waals surface area contributed by atoms with Gasteiger partial charge in [0.15, 0.2) is 5.82 Å². The number of hydrogen-bond acceptors (Lipinski definition) is 4. The number of imidazole rings is 1. The van der Waals surface area contributed by atoms with E-state index in [0.717, 1.165) is 16.7 Å². The minimum atomic E-state index is -4.57. The van der Waals surface area contributed by atoms with E-state index in [2.05, 4.69) is 20.4 Å². The Bertz CT molecular complexity index is 1490. The van der Waals surface area contributed by atoms with E-state index in [1.165, 1.54) is 10.7 Å². The lowest BCUT2D eigenvalue weighted by Gasteiger charge is -2.24. The minimum absolute atomic E-state index is 0.0372. The summed E-state index contributed by atoms with van der Waals surface area (Å²) in [6.07, 6.45) is -7.88. The Hall–Kier alpha value is -3.90. The molecule has 1 aliphatic rings. The highest BCUT2D eigenvalue weighted by Crippen LogP contribution is 2.35. The molecular formula is C25H22F6N6O. The molecule has 0 bridgehead atoms. The summed E-state index contributed by atoms with van der Waals surface area (Å²) in [5, 5.41) is 7.05. The van der Waals surface area contributed by atoms with Crippen molar-refractivity contribution in [1.82, 2.24) is 29.5 Å². The number of nitrogens with zero attached hydrogens (tertiary/aromatic N) is 5. The van der Waals surface area contributed by atoms with Gasteiger partial charge in [0.05, 0.1) is 17.2 Å². The van der Waals surface area contributed by atoms with Crippen molar-refractivity contribution in [3.63, 3.8) is 0 Å². The minimum Gasteiger partial charge on any atom is -0.347 e. The zero-order chi connectivity index (χ0) is 27.2. The lowest BCUT2D eigenvalue weighted by atomic mass is 9.98. The molecule has 0 fully saturated rings. The first-order chi connectivity index (χ1) is 17.9. The number of benzene rings is 1. The number of halogens is 6. The van der Waals surface area contributed by atoms with Gasteiger partial charge in [0.1, 0.15) is 17.2 Å². The normalized spacial score (nSPS) is 16.0. The Balaban J connectivity index is 1.30. The molecule has 38 heavy (non-hydrogen) atoms. The predicted octanol–water partition coefficient (Wildman–Crippen LogP) is 5.23. The van der Waals surface area contributed by atoms with Crippen molar-refractivity contribution in [2.24, 2.45) is 5.92 Å². The number of alkyl halides is 6. The topological polar surface area (TPSA) is 77.1 Å². The van der Waals surface area contributed by atoms with Gasteiger partial charge in [-0.15, -0.1) is 0 Å². The smallest absolute Gasteiger partial charge is 0.347 e. The molecule has 0 aliphatic carbocycles. The molecule has 4 aromatic rings. The maximum atomic E-state index is 13.2. The van der Waals surface area contributed by atoms with Crippen LogP contribution in [0.25, 0.3) is 17.0 Å². The van der Waals surface area contributed by atoms with Gasteiger partial charge in [0.2, 0.25) is 0 Å². The number of carbonyl (C=O) groups is 1. The summed E-state index contributed by atoms with van der Waals surface area (Å²) in [7, 11) is 0. The molecule has 0 unspecified atom stereocenters. The summed E-state index contributed by atoms with van der Waals surface area (Å²) in [6.45, 7) is 1.99. The summed E-state index contributed by atoms with van der Waals surface area (Å²) < 4.78 is 81.5. The van der Waals surface area contributed by atoms with E-state index in [1.54, 1.807) is 31.2 Å². The molecular weight excluding hydrogens is 514 g/mol. The molecule has 1 atom stereocenters. The number of rotatable bonds is 5. The van der Waals surface area contributed by atoms with Crippen molar-refractivity contribution >= 4 is 11.6 Å². The predicted molar refractivity (Wildman–Crippen MR) is 124 cm³/mol. The van der Waals surface area contributed by atoms with Gasteiger partial charge in [-0.1, -0.05) is 31.2 Å². The van der Waals surface area contributed by atoms with Crippen LogP contribution in [0.3, 0.4) is 0 Å². The van der Waals surface area contributed by atoms with Crippen molar-refractivity contribution < 1.29 is 31.1 Å². The van der Waals surface area contributed by atoms with E-state index in [9.17, 15) is 31.1 Å². The Kier molecular flexibility index (Phi) is 6.40. The van der Waals surface area contributed by atoms with Crippen LogP contribution in [0.1, 0.15) is 46.5 Å². The second-order valence-electron chi connectivity index (χ2n) is 9.09. The monoisotopic (exact) mass is 536 g/mol. The molecule has 13 heteroatoms. The molecule has 1 aliphatic heterocycles. The Labute approximate surface area is 212 Å². The van der Waals surface area contributed by atoms with E-state index >= 15 is 0 Å². The van der Waals surface area contributed by atoms with Gasteiger partial charge in [-0.25, -0.2) is 14.6 Å².